The van der Waals surface area contributed by atoms with Crippen molar-refractivity contribution in [2.75, 3.05) is 7.11 Å². The Labute approximate surface area is 104 Å². The molecular weight excluding hydrogens is 220 g/mol. The predicted molar refractivity (Wildman–Crippen MR) is 65.5 cm³/mol. The smallest absolute Gasteiger partial charge is 0.312 e. The van der Waals surface area contributed by atoms with Gasteiger partial charge in [-0.15, -0.1) is 0 Å². The molecule has 0 heterocycles. The van der Waals surface area contributed by atoms with Gasteiger partial charge in [0.1, 0.15) is 5.60 Å². The summed E-state index contributed by atoms with van der Waals surface area (Å²) in [6.07, 6.45) is 1.48. The topological polar surface area (TPSA) is 52.6 Å². The number of carbonyl (C=O) groups excluding carboxylic acids is 2. The minimum Gasteiger partial charge on any atom is -0.469 e. The van der Waals surface area contributed by atoms with Gasteiger partial charge in [0.2, 0.25) is 0 Å². The molecule has 0 amide bonds. The lowest BCUT2D eigenvalue weighted by atomic mass is 9.82. The maximum absolute atomic E-state index is 11.7. The Bertz CT molecular complexity index is 278. The normalized spacial score (nSPS) is 14.9. The first-order valence-corrected chi connectivity index (χ1v) is 5.95. The molecule has 0 aromatic rings. The minimum atomic E-state index is -0.786. The Kier molecular flexibility index (Phi) is 5.66. The zero-order valence-electron chi connectivity index (χ0n) is 11.8. The summed E-state index contributed by atoms with van der Waals surface area (Å²) >= 11 is 0. The van der Waals surface area contributed by atoms with Gasteiger partial charge in [0.25, 0.3) is 0 Å². The molecule has 0 aliphatic rings. The molecule has 0 bridgehead atoms. The van der Waals surface area contributed by atoms with E-state index in [2.05, 4.69) is 0 Å². The summed E-state index contributed by atoms with van der Waals surface area (Å²) in [4.78, 5) is 23.4. The number of carbonyl (C=O) groups is 2. The summed E-state index contributed by atoms with van der Waals surface area (Å²) in [7, 11) is 1.34. The third kappa shape index (κ3) is 5.71. The van der Waals surface area contributed by atoms with E-state index in [1.54, 1.807) is 27.7 Å². The molecule has 0 aliphatic heterocycles. The molecule has 0 rings (SSSR count). The van der Waals surface area contributed by atoms with Crippen molar-refractivity contribution in [1.82, 2.24) is 0 Å². The maximum Gasteiger partial charge on any atom is 0.312 e. The molecular formula is C13H24O4. The van der Waals surface area contributed by atoms with Gasteiger partial charge in [-0.05, 0) is 34.1 Å². The fourth-order valence-electron chi connectivity index (χ4n) is 1.76. The van der Waals surface area contributed by atoms with Crippen LogP contribution in [0, 0.1) is 5.41 Å². The number of hydrogen-bond donors (Lipinski definition) is 0. The predicted octanol–water partition coefficient (Wildman–Crippen LogP) is 2.70. The summed E-state index contributed by atoms with van der Waals surface area (Å²) in [5.74, 6) is -0.718. The second-order valence-electron chi connectivity index (χ2n) is 5.57. The SMILES string of the molecule is CCC[C@@](C)(CC(=O)OC(C)(C)C)C(=O)OC. The van der Waals surface area contributed by atoms with Crippen molar-refractivity contribution >= 4 is 11.9 Å². The van der Waals surface area contributed by atoms with E-state index in [0.717, 1.165) is 6.42 Å². The van der Waals surface area contributed by atoms with E-state index in [4.69, 9.17) is 9.47 Å². The lowest BCUT2D eigenvalue weighted by molar-refractivity contribution is -0.165. The van der Waals surface area contributed by atoms with Gasteiger partial charge in [-0.25, -0.2) is 0 Å². The van der Waals surface area contributed by atoms with Gasteiger partial charge >= 0.3 is 11.9 Å². The van der Waals surface area contributed by atoms with Crippen LogP contribution in [0.1, 0.15) is 53.9 Å². The maximum atomic E-state index is 11.7. The lowest BCUT2D eigenvalue weighted by Crippen LogP contribution is -2.34. The van der Waals surface area contributed by atoms with Crippen LogP contribution in [0.3, 0.4) is 0 Å². The standard InChI is InChI=1S/C13H24O4/c1-7-8-13(5,11(15)16-6)9-10(14)17-12(2,3)4/h7-9H2,1-6H3/t13-/m0/s1. The van der Waals surface area contributed by atoms with Crippen LogP contribution in [0.5, 0.6) is 0 Å². The highest BCUT2D eigenvalue weighted by Crippen LogP contribution is 2.30. The van der Waals surface area contributed by atoms with Crippen molar-refractivity contribution in [3.63, 3.8) is 0 Å². The van der Waals surface area contributed by atoms with Gasteiger partial charge in [-0.2, -0.15) is 0 Å². The van der Waals surface area contributed by atoms with Crippen LogP contribution >= 0.6 is 0 Å². The third-order valence-electron chi connectivity index (χ3n) is 2.43. The monoisotopic (exact) mass is 244 g/mol. The van der Waals surface area contributed by atoms with E-state index in [0.29, 0.717) is 6.42 Å². The first-order valence-electron chi connectivity index (χ1n) is 5.95. The Hall–Kier alpha value is -1.06. The van der Waals surface area contributed by atoms with Crippen LogP contribution in [-0.4, -0.2) is 24.6 Å². The number of ether oxygens (including phenoxy) is 2. The lowest BCUT2D eigenvalue weighted by Gasteiger charge is -2.27. The van der Waals surface area contributed by atoms with E-state index in [9.17, 15) is 9.59 Å². The molecule has 0 radical (unpaired) electrons. The highest BCUT2D eigenvalue weighted by molar-refractivity contribution is 5.83. The molecule has 0 unspecified atom stereocenters. The Morgan fingerprint density at radius 3 is 2.00 bits per heavy atom. The second-order valence-corrected chi connectivity index (χ2v) is 5.57. The zero-order valence-corrected chi connectivity index (χ0v) is 11.8. The minimum absolute atomic E-state index is 0.0603. The zero-order chi connectivity index (χ0) is 13.7. The Morgan fingerprint density at radius 2 is 1.65 bits per heavy atom. The number of rotatable bonds is 5. The van der Waals surface area contributed by atoms with Crippen LogP contribution in [0.25, 0.3) is 0 Å². The molecule has 0 aromatic carbocycles. The van der Waals surface area contributed by atoms with Gasteiger partial charge in [0.15, 0.2) is 0 Å². The third-order valence-corrected chi connectivity index (χ3v) is 2.43. The van der Waals surface area contributed by atoms with Crippen LogP contribution in [0.15, 0.2) is 0 Å². The fourth-order valence-corrected chi connectivity index (χ4v) is 1.76. The van der Waals surface area contributed by atoms with Crippen molar-refractivity contribution in [1.29, 1.82) is 0 Å². The highest BCUT2D eigenvalue weighted by atomic mass is 16.6. The average Bonchev–Trinajstić information content (AvgIpc) is 2.13. The Morgan fingerprint density at radius 1 is 1.12 bits per heavy atom. The van der Waals surface area contributed by atoms with E-state index < -0.39 is 11.0 Å². The number of esters is 2. The molecule has 0 N–H and O–H groups in total. The van der Waals surface area contributed by atoms with E-state index in [1.807, 2.05) is 6.92 Å². The molecule has 0 aromatic heterocycles. The molecule has 17 heavy (non-hydrogen) atoms. The number of methoxy groups -OCH3 is 1. The van der Waals surface area contributed by atoms with Crippen LogP contribution in [0.2, 0.25) is 0 Å². The highest BCUT2D eigenvalue weighted by Gasteiger charge is 2.37. The van der Waals surface area contributed by atoms with Gasteiger partial charge in [0, 0.05) is 0 Å². The van der Waals surface area contributed by atoms with Gasteiger partial charge in [0.05, 0.1) is 18.9 Å². The summed E-state index contributed by atoms with van der Waals surface area (Å²) in [6, 6.07) is 0. The second kappa shape index (κ2) is 6.03. The molecule has 0 aliphatic carbocycles. The summed E-state index contributed by atoms with van der Waals surface area (Å²) in [5, 5.41) is 0. The van der Waals surface area contributed by atoms with Crippen molar-refractivity contribution in [3.05, 3.63) is 0 Å². The van der Waals surface area contributed by atoms with Crippen LogP contribution in [-0.2, 0) is 19.1 Å². The van der Waals surface area contributed by atoms with Gasteiger partial charge < -0.3 is 9.47 Å². The van der Waals surface area contributed by atoms with Crippen molar-refractivity contribution in [3.8, 4) is 0 Å². The molecule has 100 valence electrons. The fraction of sp³-hybridized carbons (Fsp3) is 0.846. The molecule has 0 saturated carbocycles. The van der Waals surface area contributed by atoms with Crippen LogP contribution < -0.4 is 0 Å². The molecule has 0 spiro atoms. The van der Waals surface area contributed by atoms with E-state index >= 15 is 0 Å². The summed E-state index contributed by atoms with van der Waals surface area (Å²) < 4.78 is 9.98. The average molecular weight is 244 g/mol. The van der Waals surface area contributed by atoms with E-state index in [1.165, 1.54) is 7.11 Å². The number of hydrogen-bond acceptors (Lipinski definition) is 4. The molecule has 1 atom stereocenters. The van der Waals surface area contributed by atoms with Gasteiger partial charge in [-0.3, -0.25) is 9.59 Å². The Balaban J connectivity index is 4.66. The summed E-state index contributed by atoms with van der Waals surface area (Å²) in [6.45, 7) is 9.13. The van der Waals surface area contributed by atoms with Crippen molar-refractivity contribution in [2.24, 2.45) is 5.41 Å². The first kappa shape index (κ1) is 15.9. The summed E-state index contributed by atoms with van der Waals surface area (Å²) in [5.41, 5.74) is -1.31. The molecule has 0 fully saturated rings. The van der Waals surface area contributed by atoms with Crippen LogP contribution in [0.4, 0.5) is 0 Å². The van der Waals surface area contributed by atoms with Crippen molar-refractivity contribution in [2.45, 2.75) is 59.5 Å². The first-order chi connectivity index (χ1) is 7.64. The molecule has 4 nitrogen and oxygen atoms in total. The van der Waals surface area contributed by atoms with Crippen molar-refractivity contribution < 1.29 is 19.1 Å². The molecule has 0 saturated heterocycles. The van der Waals surface area contributed by atoms with Gasteiger partial charge in [-0.1, -0.05) is 13.3 Å². The quantitative estimate of drug-likeness (QED) is 0.698. The molecule has 4 heteroatoms. The van der Waals surface area contributed by atoms with E-state index in [-0.39, 0.29) is 18.4 Å². The largest absolute Gasteiger partial charge is 0.469 e.